The zero-order valence-electron chi connectivity index (χ0n) is 19.5. The Morgan fingerprint density at radius 1 is 1.06 bits per heavy atom. The number of ether oxygens (including phenoxy) is 2. The number of nitriles is 1. The quantitative estimate of drug-likeness (QED) is 0.350. The molecule has 168 valence electrons. The first-order valence-electron chi connectivity index (χ1n) is 10.9. The molecule has 32 heavy (non-hydrogen) atoms. The second-order valence-electron chi connectivity index (χ2n) is 8.20. The molecule has 2 N–H and O–H groups in total. The number of rotatable bonds is 7. The van der Waals surface area contributed by atoms with Crippen molar-refractivity contribution in [2.75, 3.05) is 19.5 Å². The number of hydrogen-bond acceptors (Lipinski definition) is 5. The zero-order chi connectivity index (χ0) is 23.3. The van der Waals surface area contributed by atoms with E-state index in [1.54, 1.807) is 33.4 Å². The van der Waals surface area contributed by atoms with Crippen LogP contribution in [0.2, 0.25) is 0 Å². The van der Waals surface area contributed by atoms with E-state index in [-0.39, 0.29) is 0 Å². The Labute approximate surface area is 190 Å². The first kappa shape index (κ1) is 23.2. The average Bonchev–Trinajstić information content (AvgIpc) is 3.30. The summed E-state index contributed by atoms with van der Waals surface area (Å²) in [6, 6.07) is 8.98. The van der Waals surface area contributed by atoms with Crippen LogP contribution in [0.1, 0.15) is 49.3 Å². The first-order valence-corrected chi connectivity index (χ1v) is 10.9. The minimum Gasteiger partial charge on any atom is -0.496 e. The molecule has 0 bridgehead atoms. The second-order valence-corrected chi connectivity index (χ2v) is 8.20. The largest absolute Gasteiger partial charge is 0.496 e. The molecular weight excluding hydrogens is 402 g/mol. The molecule has 0 saturated heterocycles. The molecule has 2 aromatic carbocycles. The van der Waals surface area contributed by atoms with Gasteiger partial charge in [0, 0.05) is 39.6 Å². The van der Waals surface area contributed by atoms with Crippen molar-refractivity contribution >= 4 is 17.7 Å². The van der Waals surface area contributed by atoms with Crippen LogP contribution in [0.25, 0.3) is 17.2 Å². The first-order chi connectivity index (χ1) is 15.4. The molecule has 0 radical (unpaired) electrons. The highest BCUT2D eigenvalue weighted by Gasteiger charge is 2.22. The van der Waals surface area contributed by atoms with Crippen LogP contribution < -0.4 is 20.1 Å². The molecule has 6 heteroatoms. The van der Waals surface area contributed by atoms with E-state index in [4.69, 9.17) is 14.7 Å². The molecular formula is C26H31N3O3. The molecule has 3 rings (SSSR count). The molecule has 6 nitrogen and oxygen atoms in total. The van der Waals surface area contributed by atoms with E-state index in [2.05, 4.69) is 34.9 Å². The van der Waals surface area contributed by atoms with Gasteiger partial charge in [0.25, 0.3) is 5.91 Å². The third-order valence-corrected chi connectivity index (χ3v) is 6.13. The molecule has 0 unspecified atom stereocenters. The van der Waals surface area contributed by atoms with Gasteiger partial charge in [0.15, 0.2) is 6.19 Å². The van der Waals surface area contributed by atoms with Crippen molar-refractivity contribution < 1.29 is 14.3 Å². The van der Waals surface area contributed by atoms with Crippen molar-refractivity contribution in [1.29, 1.82) is 5.26 Å². The van der Waals surface area contributed by atoms with E-state index >= 15 is 0 Å². The smallest absolute Gasteiger partial charge is 0.259 e. The molecule has 0 aliphatic heterocycles. The van der Waals surface area contributed by atoms with E-state index in [1.165, 1.54) is 25.7 Å². The number of nitrogens with zero attached hydrogens (tertiary/aromatic N) is 1. The van der Waals surface area contributed by atoms with Gasteiger partial charge in [0.1, 0.15) is 11.5 Å². The van der Waals surface area contributed by atoms with Gasteiger partial charge in [-0.05, 0) is 57.4 Å². The summed E-state index contributed by atoms with van der Waals surface area (Å²) in [7, 11) is 3.27. The number of benzene rings is 2. The molecule has 1 amide bonds. The van der Waals surface area contributed by atoms with Crippen molar-refractivity contribution in [3.05, 3.63) is 46.5 Å². The highest BCUT2D eigenvalue weighted by atomic mass is 16.5. The second kappa shape index (κ2) is 10.2. The van der Waals surface area contributed by atoms with Gasteiger partial charge in [-0.1, -0.05) is 25.0 Å². The van der Waals surface area contributed by atoms with Crippen molar-refractivity contribution in [1.82, 2.24) is 5.32 Å². The van der Waals surface area contributed by atoms with Crippen LogP contribution in [0.4, 0.5) is 5.69 Å². The normalized spacial score (nSPS) is 14.1. The summed E-state index contributed by atoms with van der Waals surface area (Å²) in [6.07, 6.45) is 8.45. The molecule has 1 aliphatic carbocycles. The van der Waals surface area contributed by atoms with Gasteiger partial charge in [0.2, 0.25) is 0 Å². The minimum absolute atomic E-state index is 0.407. The van der Waals surface area contributed by atoms with E-state index in [1.807, 2.05) is 13.8 Å². The van der Waals surface area contributed by atoms with Gasteiger partial charge in [-0.2, -0.15) is 5.26 Å². The van der Waals surface area contributed by atoms with Gasteiger partial charge in [-0.15, -0.1) is 0 Å². The molecule has 0 spiro atoms. The fourth-order valence-corrected chi connectivity index (χ4v) is 4.48. The summed E-state index contributed by atoms with van der Waals surface area (Å²) in [4.78, 5) is 12.1. The third kappa shape index (κ3) is 4.72. The van der Waals surface area contributed by atoms with Crippen LogP contribution >= 0.6 is 0 Å². The molecule has 0 aromatic heterocycles. The fraction of sp³-hybridized carbons (Fsp3) is 0.385. The Balaban J connectivity index is 2.05. The molecule has 1 aliphatic rings. The van der Waals surface area contributed by atoms with E-state index in [0.29, 0.717) is 17.4 Å². The van der Waals surface area contributed by atoms with Crippen LogP contribution in [-0.4, -0.2) is 26.2 Å². The van der Waals surface area contributed by atoms with Crippen molar-refractivity contribution in [3.8, 4) is 28.8 Å². The summed E-state index contributed by atoms with van der Waals surface area (Å²) in [5, 5.41) is 14.5. The molecule has 1 saturated carbocycles. The highest BCUT2D eigenvalue weighted by molar-refractivity contribution is 5.99. The number of carbonyl (C=O) groups excluding carboxylic acids is 1. The maximum atomic E-state index is 12.1. The molecule has 2 aromatic rings. The number of methoxy groups -OCH3 is 2. The Hall–Kier alpha value is -3.46. The van der Waals surface area contributed by atoms with Crippen molar-refractivity contribution in [3.63, 3.8) is 0 Å². The predicted octanol–water partition coefficient (Wildman–Crippen LogP) is 5.34. The van der Waals surface area contributed by atoms with Gasteiger partial charge in [-0.3, -0.25) is 10.1 Å². The number of anilines is 1. The van der Waals surface area contributed by atoms with Crippen molar-refractivity contribution in [2.45, 2.75) is 52.5 Å². The monoisotopic (exact) mass is 433 g/mol. The Kier molecular flexibility index (Phi) is 7.42. The number of nitrogens with one attached hydrogen (secondary N) is 2. The number of amides is 1. The Morgan fingerprint density at radius 2 is 1.69 bits per heavy atom. The lowest BCUT2D eigenvalue weighted by Gasteiger charge is -2.22. The fourth-order valence-electron chi connectivity index (χ4n) is 4.48. The summed E-state index contributed by atoms with van der Waals surface area (Å²) in [6.45, 7) is 5.60. The van der Waals surface area contributed by atoms with Crippen LogP contribution in [0.15, 0.2) is 29.8 Å². The third-order valence-electron chi connectivity index (χ3n) is 6.13. The maximum absolute atomic E-state index is 12.1. The molecule has 0 atom stereocenters. The SMILES string of the molecule is COc1c(C)c(-c2ccc(NC3CCCC3)cc2)c(OC)c(C)c1/C=C(\C)C(=O)NC#N. The topological polar surface area (TPSA) is 83.4 Å². The summed E-state index contributed by atoms with van der Waals surface area (Å²) in [5.41, 5.74) is 6.07. The maximum Gasteiger partial charge on any atom is 0.259 e. The lowest BCUT2D eigenvalue weighted by Crippen LogP contribution is -2.18. The van der Waals surface area contributed by atoms with Crippen LogP contribution in [-0.2, 0) is 4.79 Å². The summed E-state index contributed by atoms with van der Waals surface area (Å²) < 4.78 is 11.6. The summed E-state index contributed by atoms with van der Waals surface area (Å²) >= 11 is 0. The van der Waals surface area contributed by atoms with E-state index in [9.17, 15) is 4.79 Å². The Morgan fingerprint density at radius 3 is 2.25 bits per heavy atom. The van der Waals surface area contributed by atoms with Gasteiger partial charge >= 0.3 is 0 Å². The van der Waals surface area contributed by atoms with Crippen molar-refractivity contribution in [2.24, 2.45) is 0 Å². The minimum atomic E-state index is -0.444. The zero-order valence-corrected chi connectivity index (χ0v) is 19.5. The lowest BCUT2D eigenvalue weighted by atomic mass is 9.91. The molecule has 1 fully saturated rings. The van der Waals surface area contributed by atoms with Gasteiger partial charge < -0.3 is 14.8 Å². The number of hydrogen-bond donors (Lipinski definition) is 2. The average molecular weight is 434 g/mol. The van der Waals surface area contributed by atoms with Crippen LogP contribution in [0.5, 0.6) is 11.5 Å². The predicted molar refractivity (Wildman–Crippen MR) is 128 cm³/mol. The van der Waals surface area contributed by atoms with E-state index < -0.39 is 5.91 Å². The van der Waals surface area contributed by atoms with E-state index in [0.717, 1.165) is 39.3 Å². The summed E-state index contributed by atoms with van der Waals surface area (Å²) in [5.74, 6) is 0.968. The highest BCUT2D eigenvalue weighted by Crippen LogP contribution is 2.45. The van der Waals surface area contributed by atoms with Crippen LogP contribution in [0, 0.1) is 25.3 Å². The standard InChI is InChI=1S/C26H31N3O3/c1-16(26(30)28-15-27)14-22-17(2)25(32-5)23(18(3)24(22)31-4)19-10-12-21(13-11-19)29-20-8-6-7-9-20/h10-14,20,29H,6-9H2,1-5H3,(H,28,30)/b16-14+. The number of carbonyl (C=O) groups is 1. The van der Waals surface area contributed by atoms with Gasteiger partial charge in [0.05, 0.1) is 14.2 Å². The van der Waals surface area contributed by atoms with Gasteiger partial charge in [-0.25, -0.2) is 0 Å². The lowest BCUT2D eigenvalue weighted by molar-refractivity contribution is -0.116. The Bertz CT molecular complexity index is 1060. The molecule has 0 heterocycles. The van der Waals surface area contributed by atoms with Crippen LogP contribution in [0.3, 0.4) is 0 Å².